The van der Waals surface area contributed by atoms with Crippen LogP contribution < -0.4 is 5.73 Å². The predicted octanol–water partition coefficient (Wildman–Crippen LogP) is 1.24. The maximum atomic E-state index is 13.0. The lowest BCUT2D eigenvalue weighted by Crippen LogP contribution is -2.19. The molecule has 1 unspecified atom stereocenters. The van der Waals surface area contributed by atoms with Crippen LogP contribution in [0.1, 0.15) is 17.2 Å². The molecule has 1 rings (SSSR count). The van der Waals surface area contributed by atoms with Crippen LogP contribution in [-0.2, 0) is 9.53 Å². The molecule has 0 heterocycles. The molecule has 3 N–H and O–H groups in total. The number of benzene rings is 1. The Hall–Kier alpha value is -1.46. The highest BCUT2D eigenvalue weighted by atomic mass is 19.1. The number of rotatable bonds is 5. The minimum absolute atomic E-state index is 0.0946. The fourth-order valence-electron chi connectivity index (χ4n) is 1.27. The summed E-state index contributed by atoms with van der Waals surface area (Å²) in [5.41, 5.74) is 6.99. The average Bonchev–Trinajstić information content (AvgIpc) is 2.21. The fourth-order valence-corrected chi connectivity index (χ4v) is 1.27. The van der Waals surface area contributed by atoms with Gasteiger partial charge in [0.1, 0.15) is 12.4 Å². The molecule has 0 saturated carbocycles. The summed E-state index contributed by atoms with van der Waals surface area (Å²) in [6.07, 6.45) is 0. The Labute approximate surface area is 92.8 Å². The third-order valence-corrected chi connectivity index (χ3v) is 2.13. The molecule has 16 heavy (non-hydrogen) atoms. The highest BCUT2D eigenvalue weighted by Crippen LogP contribution is 2.15. The molecule has 0 radical (unpaired) electrons. The van der Waals surface area contributed by atoms with E-state index < -0.39 is 12.0 Å². The van der Waals surface area contributed by atoms with Gasteiger partial charge in [-0.15, -0.1) is 0 Å². The highest BCUT2D eigenvalue weighted by molar-refractivity contribution is 5.67. The molecule has 1 aromatic rings. The van der Waals surface area contributed by atoms with E-state index in [1.807, 2.05) is 0 Å². The van der Waals surface area contributed by atoms with Crippen molar-refractivity contribution in [3.8, 4) is 0 Å². The number of aryl methyl sites for hydroxylation is 1. The maximum Gasteiger partial charge on any atom is 0.329 e. The van der Waals surface area contributed by atoms with Crippen LogP contribution >= 0.6 is 0 Å². The summed E-state index contributed by atoms with van der Waals surface area (Å²) in [5, 5.41) is 8.36. The molecular formula is C11H14FNO3. The molecule has 0 aliphatic carbocycles. The summed E-state index contributed by atoms with van der Waals surface area (Å²) in [7, 11) is 0. The minimum atomic E-state index is -1.04. The Morgan fingerprint density at radius 2 is 2.31 bits per heavy atom. The lowest BCUT2D eigenvalue weighted by atomic mass is 10.1. The van der Waals surface area contributed by atoms with Gasteiger partial charge in [0.2, 0.25) is 0 Å². The van der Waals surface area contributed by atoms with Gasteiger partial charge in [-0.25, -0.2) is 9.18 Å². The third-order valence-electron chi connectivity index (χ3n) is 2.13. The van der Waals surface area contributed by atoms with Crippen molar-refractivity contribution in [1.29, 1.82) is 0 Å². The molecule has 0 saturated heterocycles. The molecule has 0 bridgehead atoms. The Balaban J connectivity index is 2.55. The quantitative estimate of drug-likeness (QED) is 0.793. The maximum absolute atomic E-state index is 13.0. The van der Waals surface area contributed by atoms with Gasteiger partial charge in [0.25, 0.3) is 0 Å². The molecule has 0 aromatic heterocycles. The van der Waals surface area contributed by atoms with Crippen LogP contribution in [0.5, 0.6) is 0 Å². The van der Waals surface area contributed by atoms with Crippen LogP contribution in [0.3, 0.4) is 0 Å². The van der Waals surface area contributed by atoms with Crippen molar-refractivity contribution < 1.29 is 19.0 Å². The molecule has 1 aromatic carbocycles. The molecule has 5 heteroatoms. The summed E-state index contributed by atoms with van der Waals surface area (Å²) in [4.78, 5) is 10.2. The van der Waals surface area contributed by atoms with Crippen LogP contribution in [0.15, 0.2) is 18.2 Å². The van der Waals surface area contributed by atoms with E-state index in [2.05, 4.69) is 0 Å². The molecule has 1 atom stereocenters. The number of nitrogens with two attached hydrogens (primary N) is 1. The monoisotopic (exact) mass is 227 g/mol. The first-order valence-corrected chi connectivity index (χ1v) is 4.82. The molecule has 88 valence electrons. The largest absolute Gasteiger partial charge is 0.480 e. The number of hydrogen-bond acceptors (Lipinski definition) is 3. The zero-order valence-electron chi connectivity index (χ0n) is 8.94. The fraction of sp³-hybridized carbons (Fsp3) is 0.364. The predicted molar refractivity (Wildman–Crippen MR) is 56.5 cm³/mol. The summed E-state index contributed by atoms with van der Waals surface area (Å²) < 4.78 is 17.8. The SMILES string of the molecule is Cc1cc(C(N)COCC(=O)O)ccc1F. The molecule has 0 amide bonds. The Morgan fingerprint density at radius 3 is 2.88 bits per heavy atom. The number of halogens is 1. The second-order valence-corrected chi connectivity index (χ2v) is 3.52. The summed E-state index contributed by atoms with van der Waals surface area (Å²) in [5.74, 6) is -1.33. The second kappa shape index (κ2) is 5.58. The minimum Gasteiger partial charge on any atom is -0.480 e. The zero-order valence-corrected chi connectivity index (χ0v) is 8.94. The van der Waals surface area contributed by atoms with E-state index in [1.54, 1.807) is 19.1 Å². The van der Waals surface area contributed by atoms with E-state index in [0.717, 1.165) is 5.56 Å². The van der Waals surface area contributed by atoms with Crippen molar-refractivity contribution in [1.82, 2.24) is 0 Å². The van der Waals surface area contributed by atoms with Crippen molar-refractivity contribution >= 4 is 5.97 Å². The molecule has 0 aliphatic rings. The summed E-state index contributed by atoms with van der Waals surface area (Å²) in [6.45, 7) is 1.36. The zero-order chi connectivity index (χ0) is 12.1. The van der Waals surface area contributed by atoms with Gasteiger partial charge >= 0.3 is 5.97 Å². The first kappa shape index (κ1) is 12.6. The summed E-state index contributed by atoms with van der Waals surface area (Å²) in [6, 6.07) is 4.09. The topological polar surface area (TPSA) is 72.5 Å². The van der Waals surface area contributed by atoms with Gasteiger partial charge in [0.05, 0.1) is 12.6 Å². The van der Waals surface area contributed by atoms with Gasteiger partial charge < -0.3 is 15.6 Å². The Kier molecular flexibility index (Phi) is 4.39. The second-order valence-electron chi connectivity index (χ2n) is 3.52. The van der Waals surface area contributed by atoms with E-state index in [9.17, 15) is 9.18 Å². The first-order chi connectivity index (χ1) is 7.50. The number of ether oxygens (including phenoxy) is 1. The smallest absolute Gasteiger partial charge is 0.329 e. The number of carboxylic acids is 1. The van der Waals surface area contributed by atoms with Gasteiger partial charge in [0, 0.05) is 0 Å². The molecular weight excluding hydrogens is 213 g/mol. The van der Waals surface area contributed by atoms with Crippen molar-refractivity contribution in [2.75, 3.05) is 13.2 Å². The van der Waals surface area contributed by atoms with Gasteiger partial charge in [-0.2, -0.15) is 0 Å². The average molecular weight is 227 g/mol. The number of carbonyl (C=O) groups is 1. The Morgan fingerprint density at radius 1 is 1.62 bits per heavy atom. The van der Waals surface area contributed by atoms with Crippen molar-refractivity contribution in [3.05, 3.63) is 35.1 Å². The van der Waals surface area contributed by atoms with Gasteiger partial charge in [-0.05, 0) is 24.1 Å². The molecule has 0 aliphatic heterocycles. The molecule has 0 fully saturated rings. The van der Waals surface area contributed by atoms with Gasteiger partial charge in [-0.1, -0.05) is 12.1 Å². The first-order valence-electron chi connectivity index (χ1n) is 4.82. The number of hydrogen-bond donors (Lipinski definition) is 2. The van der Waals surface area contributed by atoms with Crippen LogP contribution in [0.2, 0.25) is 0 Å². The Bertz CT molecular complexity index is 381. The van der Waals surface area contributed by atoms with Crippen molar-refractivity contribution in [2.45, 2.75) is 13.0 Å². The van der Waals surface area contributed by atoms with Crippen LogP contribution in [0.4, 0.5) is 4.39 Å². The van der Waals surface area contributed by atoms with Crippen molar-refractivity contribution in [2.24, 2.45) is 5.73 Å². The van der Waals surface area contributed by atoms with E-state index in [4.69, 9.17) is 15.6 Å². The van der Waals surface area contributed by atoms with Crippen LogP contribution in [0.25, 0.3) is 0 Å². The van der Waals surface area contributed by atoms with E-state index >= 15 is 0 Å². The molecule has 4 nitrogen and oxygen atoms in total. The molecule has 0 spiro atoms. The lowest BCUT2D eigenvalue weighted by Gasteiger charge is -2.12. The van der Waals surface area contributed by atoms with E-state index in [0.29, 0.717) is 5.56 Å². The van der Waals surface area contributed by atoms with E-state index in [1.165, 1.54) is 6.07 Å². The normalized spacial score (nSPS) is 12.4. The van der Waals surface area contributed by atoms with Gasteiger partial charge in [0.15, 0.2) is 0 Å². The van der Waals surface area contributed by atoms with E-state index in [-0.39, 0.29) is 19.0 Å². The van der Waals surface area contributed by atoms with Crippen molar-refractivity contribution in [3.63, 3.8) is 0 Å². The van der Waals surface area contributed by atoms with Crippen LogP contribution in [0, 0.1) is 12.7 Å². The highest BCUT2D eigenvalue weighted by Gasteiger charge is 2.09. The number of aliphatic carboxylic acids is 1. The third kappa shape index (κ3) is 3.60. The summed E-state index contributed by atoms with van der Waals surface area (Å²) >= 11 is 0. The standard InChI is InChI=1S/C11H14FNO3/c1-7-4-8(2-3-9(7)12)10(13)5-16-6-11(14)15/h2-4,10H,5-6,13H2,1H3,(H,14,15). The lowest BCUT2D eigenvalue weighted by molar-refractivity contribution is -0.142. The number of carboxylic acid groups (broad SMARTS) is 1. The van der Waals surface area contributed by atoms with Gasteiger partial charge in [-0.3, -0.25) is 0 Å². The van der Waals surface area contributed by atoms with Crippen LogP contribution in [-0.4, -0.2) is 24.3 Å².